The Kier molecular flexibility index (Phi) is 7.87. The molecule has 10 nitrogen and oxygen atoms in total. The molecule has 0 unspecified atom stereocenters. The molecule has 0 aliphatic heterocycles. The highest BCUT2D eigenvalue weighted by molar-refractivity contribution is 7.22. The summed E-state index contributed by atoms with van der Waals surface area (Å²) >= 11 is 1.15. The van der Waals surface area contributed by atoms with Crippen molar-refractivity contribution in [1.82, 2.24) is 24.8 Å². The molecule has 36 heavy (non-hydrogen) atoms. The van der Waals surface area contributed by atoms with Crippen LogP contribution in [-0.2, 0) is 6.54 Å². The number of carbonyl (C=O) groups excluding carboxylic acids is 1. The average molecular weight is 525 g/mol. The molecular weight excluding hydrogens is 501 g/mol. The predicted octanol–water partition coefficient (Wildman–Crippen LogP) is 4.89. The van der Waals surface area contributed by atoms with E-state index >= 15 is 0 Å². The molecule has 2 amide bonds. The monoisotopic (exact) mass is 524 g/mol. The SMILES string of the molecule is CCn1c(Nc2nc3ccc(OC(F)(F)F)cc3s2)nc2cc(C(=O)O)ccc21.CNC(=O)N(C)C. The number of aromatic nitrogens is 3. The maximum absolute atomic E-state index is 12.4. The van der Waals surface area contributed by atoms with E-state index in [0.717, 1.165) is 16.9 Å². The maximum Gasteiger partial charge on any atom is 0.573 e. The number of imidazole rings is 1. The molecule has 0 bridgehead atoms. The van der Waals surface area contributed by atoms with Crippen molar-refractivity contribution >= 4 is 55.7 Å². The first kappa shape index (κ1) is 26.5. The van der Waals surface area contributed by atoms with Crippen molar-refractivity contribution in [3.63, 3.8) is 0 Å². The average Bonchev–Trinajstić information content (AvgIpc) is 3.36. The summed E-state index contributed by atoms with van der Waals surface area (Å²) in [6.45, 7) is 2.48. The Morgan fingerprint density at radius 2 is 1.86 bits per heavy atom. The third-order valence-electron chi connectivity index (χ3n) is 4.74. The smallest absolute Gasteiger partial charge is 0.478 e. The highest BCUT2D eigenvalue weighted by Gasteiger charge is 2.31. The minimum absolute atomic E-state index is 0.0694. The van der Waals surface area contributed by atoms with Gasteiger partial charge in [-0.15, -0.1) is 13.2 Å². The van der Waals surface area contributed by atoms with E-state index in [4.69, 9.17) is 5.11 Å². The van der Waals surface area contributed by atoms with Crippen molar-refractivity contribution in [2.75, 3.05) is 26.5 Å². The van der Waals surface area contributed by atoms with E-state index < -0.39 is 12.3 Å². The van der Waals surface area contributed by atoms with Crippen LogP contribution in [-0.4, -0.2) is 64.0 Å². The fraction of sp³-hybridized carbons (Fsp3) is 0.273. The van der Waals surface area contributed by atoms with Gasteiger partial charge in [0.05, 0.1) is 26.8 Å². The van der Waals surface area contributed by atoms with Gasteiger partial charge in [-0.1, -0.05) is 11.3 Å². The molecule has 0 spiro atoms. The number of aromatic carboxylic acids is 1. The first-order valence-electron chi connectivity index (χ1n) is 10.5. The van der Waals surface area contributed by atoms with Gasteiger partial charge in [-0.3, -0.25) is 0 Å². The van der Waals surface area contributed by atoms with Crippen LogP contribution in [0.2, 0.25) is 0 Å². The number of urea groups is 1. The van der Waals surface area contributed by atoms with Crippen LogP contribution < -0.4 is 15.4 Å². The Labute approximate surface area is 207 Å². The molecule has 192 valence electrons. The fourth-order valence-electron chi connectivity index (χ4n) is 3.15. The minimum atomic E-state index is -4.76. The number of fused-ring (bicyclic) bond motifs is 2. The number of carboxylic acids is 1. The molecule has 2 aromatic heterocycles. The predicted molar refractivity (Wildman–Crippen MR) is 130 cm³/mol. The first-order valence-corrected chi connectivity index (χ1v) is 11.3. The lowest BCUT2D eigenvalue weighted by Crippen LogP contribution is -2.31. The third kappa shape index (κ3) is 6.33. The van der Waals surface area contributed by atoms with Crippen molar-refractivity contribution in [2.24, 2.45) is 0 Å². The van der Waals surface area contributed by atoms with Crippen LogP contribution in [0.1, 0.15) is 17.3 Å². The summed E-state index contributed by atoms with van der Waals surface area (Å²) in [4.78, 5) is 31.8. The number of hydrogen-bond acceptors (Lipinski definition) is 7. The highest BCUT2D eigenvalue weighted by atomic mass is 32.1. The number of nitrogens with one attached hydrogen (secondary N) is 2. The second-order valence-electron chi connectivity index (χ2n) is 7.46. The lowest BCUT2D eigenvalue weighted by atomic mass is 10.2. The molecule has 0 aliphatic carbocycles. The summed E-state index contributed by atoms with van der Waals surface area (Å²) in [6, 6.07) is 8.51. The van der Waals surface area contributed by atoms with E-state index in [0.29, 0.717) is 33.4 Å². The summed E-state index contributed by atoms with van der Waals surface area (Å²) in [5.41, 5.74) is 1.90. The van der Waals surface area contributed by atoms with Gasteiger partial charge in [0, 0.05) is 33.8 Å². The molecule has 0 radical (unpaired) electrons. The molecule has 0 atom stereocenters. The normalized spacial score (nSPS) is 11.1. The molecule has 4 rings (SSSR count). The zero-order valence-corrected chi connectivity index (χ0v) is 20.5. The molecule has 3 N–H and O–H groups in total. The van der Waals surface area contributed by atoms with E-state index in [9.17, 15) is 22.8 Å². The molecule has 2 heterocycles. The highest BCUT2D eigenvalue weighted by Crippen LogP contribution is 2.33. The van der Waals surface area contributed by atoms with Gasteiger partial charge in [0.15, 0.2) is 5.13 Å². The van der Waals surface area contributed by atoms with E-state index in [2.05, 4.69) is 25.3 Å². The number of hydrogen-bond donors (Lipinski definition) is 3. The van der Waals surface area contributed by atoms with Crippen molar-refractivity contribution < 1.29 is 32.6 Å². The number of ether oxygens (including phenoxy) is 1. The molecule has 2 aromatic carbocycles. The van der Waals surface area contributed by atoms with Crippen LogP contribution in [0.5, 0.6) is 5.75 Å². The van der Waals surface area contributed by atoms with Crippen LogP contribution in [0.15, 0.2) is 36.4 Å². The van der Waals surface area contributed by atoms with E-state index in [1.54, 1.807) is 27.2 Å². The van der Waals surface area contributed by atoms with E-state index in [1.807, 2.05) is 11.5 Å². The minimum Gasteiger partial charge on any atom is -0.478 e. The maximum atomic E-state index is 12.4. The van der Waals surface area contributed by atoms with Gasteiger partial charge in [0.2, 0.25) is 5.95 Å². The van der Waals surface area contributed by atoms with Crippen molar-refractivity contribution in [3.8, 4) is 5.75 Å². The van der Waals surface area contributed by atoms with Gasteiger partial charge in [-0.05, 0) is 37.3 Å². The second kappa shape index (κ2) is 10.7. The van der Waals surface area contributed by atoms with Gasteiger partial charge >= 0.3 is 18.4 Å². The number of aryl methyl sites for hydroxylation is 1. The number of rotatable bonds is 5. The number of benzene rings is 2. The van der Waals surface area contributed by atoms with Gasteiger partial charge in [0.1, 0.15) is 5.75 Å². The molecule has 0 saturated heterocycles. The second-order valence-corrected chi connectivity index (χ2v) is 8.49. The fourth-order valence-corrected chi connectivity index (χ4v) is 4.04. The molecule has 14 heteroatoms. The summed E-state index contributed by atoms with van der Waals surface area (Å²) in [6.07, 6.45) is -4.76. The summed E-state index contributed by atoms with van der Waals surface area (Å²) in [7, 11) is 4.99. The van der Waals surface area contributed by atoms with Crippen molar-refractivity contribution in [3.05, 3.63) is 42.0 Å². The van der Waals surface area contributed by atoms with Crippen LogP contribution in [0, 0.1) is 0 Å². The first-order chi connectivity index (χ1) is 16.9. The van der Waals surface area contributed by atoms with Crippen molar-refractivity contribution in [2.45, 2.75) is 19.8 Å². The number of amides is 2. The third-order valence-corrected chi connectivity index (χ3v) is 5.68. The van der Waals surface area contributed by atoms with Gasteiger partial charge < -0.3 is 29.9 Å². The number of carboxylic acid groups (broad SMARTS) is 1. The van der Waals surface area contributed by atoms with Crippen LogP contribution in [0.3, 0.4) is 0 Å². The lowest BCUT2D eigenvalue weighted by Gasteiger charge is -2.07. The summed E-state index contributed by atoms with van der Waals surface area (Å²) in [5, 5.41) is 15.1. The molecule has 0 saturated carbocycles. The molecule has 0 aliphatic rings. The van der Waals surface area contributed by atoms with Crippen molar-refractivity contribution in [1.29, 1.82) is 0 Å². The quantitative estimate of drug-likeness (QED) is 0.340. The zero-order valence-electron chi connectivity index (χ0n) is 19.7. The number of anilines is 2. The Morgan fingerprint density at radius 1 is 1.14 bits per heavy atom. The summed E-state index contributed by atoms with van der Waals surface area (Å²) < 4.78 is 43.5. The van der Waals surface area contributed by atoms with Crippen LogP contribution >= 0.6 is 11.3 Å². The summed E-state index contributed by atoms with van der Waals surface area (Å²) in [5.74, 6) is -0.909. The Hall–Kier alpha value is -4.07. The van der Waals surface area contributed by atoms with E-state index in [-0.39, 0.29) is 17.3 Å². The topological polar surface area (TPSA) is 122 Å². The van der Waals surface area contributed by atoms with Gasteiger partial charge in [-0.2, -0.15) is 0 Å². The largest absolute Gasteiger partial charge is 0.573 e. The van der Waals surface area contributed by atoms with Crippen LogP contribution in [0.25, 0.3) is 21.3 Å². The lowest BCUT2D eigenvalue weighted by molar-refractivity contribution is -0.274. The van der Waals surface area contributed by atoms with Gasteiger partial charge in [0.25, 0.3) is 0 Å². The molecule has 0 fully saturated rings. The number of nitrogens with zero attached hydrogens (tertiary/aromatic N) is 4. The Bertz CT molecular complexity index is 1400. The Balaban J connectivity index is 0.000000454. The van der Waals surface area contributed by atoms with Gasteiger partial charge in [-0.25, -0.2) is 19.6 Å². The van der Waals surface area contributed by atoms with Crippen LogP contribution in [0.4, 0.5) is 29.0 Å². The van der Waals surface area contributed by atoms with E-state index in [1.165, 1.54) is 35.2 Å². The molecular formula is C22H23F3N6O4S. The molecule has 4 aromatic rings. The Morgan fingerprint density at radius 3 is 2.42 bits per heavy atom. The number of carbonyl (C=O) groups is 2. The number of halogens is 3. The number of thiazole rings is 1. The zero-order chi connectivity index (χ0) is 26.6. The number of alkyl halides is 3. The standard InChI is InChI=1S/C18H13F3N4O3S.C4H10N2O/c1-2-25-13-6-3-9(15(26)27)7-12(13)22-16(25)24-17-23-11-5-4-10(8-14(11)29-17)28-18(19,20)21;1-5-4(7)6(2)3/h3-8H,2H2,1H3,(H,26,27)(H,22,23,24);1-3H3,(H,5,7).